The fourth-order valence-electron chi connectivity index (χ4n) is 4.14. The van der Waals surface area contributed by atoms with E-state index in [0.29, 0.717) is 23.5 Å². The molecule has 0 spiro atoms. The van der Waals surface area contributed by atoms with Crippen molar-refractivity contribution >= 4 is 23.2 Å². The average molecular weight is 439 g/mol. The van der Waals surface area contributed by atoms with Gasteiger partial charge in [0.25, 0.3) is 0 Å². The number of nitrogens with zero attached hydrogens (tertiary/aromatic N) is 1. The Morgan fingerprint density at radius 1 is 1.07 bits per heavy atom. The molecule has 1 saturated heterocycles. The van der Waals surface area contributed by atoms with Crippen LogP contribution in [-0.4, -0.2) is 80.0 Å². The molecule has 2 fully saturated rings. The predicted molar refractivity (Wildman–Crippen MR) is 117 cm³/mol. The van der Waals surface area contributed by atoms with Crippen molar-refractivity contribution in [3.63, 3.8) is 0 Å². The van der Waals surface area contributed by atoms with Crippen molar-refractivity contribution in [3.8, 4) is 0 Å². The van der Waals surface area contributed by atoms with E-state index in [1.807, 2.05) is 6.92 Å². The molecule has 1 heterocycles. The van der Waals surface area contributed by atoms with Crippen LogP contribution < -0.4 is 5.73 Å². The van der Waals surface area contributed by atoms with Crippen molar-refractivity contribution in [2.45, 2.75) is 94.1 Å². The Hall–Kier alpha value is 0.380. The molecule has 5 nitrogen and oxygen atoms in total. The van der Waals surface area contributed by atoms with Gasteiger partial charge in [0.1, 0.15) is 0 Å². The van der Waals surface area contributed by atoms with Crippen LogP contribution in [0.5, 0.6) is 0 Å². The zero-order valence-corrected chi connectivity index (χ0v) is 19.2. The second-order valence-corrected chi connectivity index (χ2v) is 9.35. The highest BCUT2D eigenvalue weighted by Gasteiger charge is 2.26. The third-order valence-corrected chi connectivity index (χ3v) is 6.84. The first-order valence-electron chi connectivity index (χ1n) is 11.0. The normalized spacial score (nSPS) is 28.2. The number of piperidine rings is 1. The van der Waals surface area contributed by atoms with Crippen molar-refractivity contribution in [3.05, 3.63) is 0 Å². The maximum absolute atomic E-state index is 6.32. The lowest BCUT2D eigenvalue weighted by Crippen LogP contribution is -2.40. The number of methoxy groups -OCH3 is 1. The Kier molecular flexibility index (Phi) is 12.0. The van der Waals surface area contributed by atoms with E-state index in [2.05, 4.69) is 4.90 Å². The molecule has 2 N–H and O–H groups in total. The molecule has 0 bridgehead atoms. The average Bonchev–Trinajstić information content (AvgIpc) is 2.70. The monoisotopic (exact) mass is 438 g/mol. The second-order valence-electron chi connectivity index (χ2n) is 8.42. The van der Waals surface area contributed by atoms with Crippen molar-refractivity contribution in [1.82, 2.24) is 4.90 Å². The van der Waals surface area contributed by atoms with Crippen LogP contribution in [0.2, 0.25) is 0 Å². The van der Waals surface area contributed by atoms with E-state index in [1.54, 1.807) is 7.11 Å². The van der Waals surface area contributed by atoms with E-state index in [-0.39, 0.29) is 18.2 Å². The number of nitrogens with two attached hydrogens (primary N) is 1. The van der Waals surface area contributed by atoms with Crippen LogP contribution in [0.15, 0.2) is 0 Å². The fourth-order valence-corrected chi connectivity index (χ4v) is 4.64. The van der Waals surface area contributed by atoms with Gasteiger partial charge in [-0.15, -0.1) is 23.2 Å². The molecule has 166 valence electrons. The van der Waals surface area contributed by atoms with E-state index in [0.717, 1.165) is 77.6 Å². The van der Waals surface area contributed by atoms with Crippen LogP contribution in [0.1, 0.15) is 58.3 Å². The number of ether oxygens (including phenoxy) is 3. The van der Waals surface area contributed by atoms with E-state index < -0.39 is 0 Å². The van der Waals surface area contributed by atoms with Crippen LogP contribution in [0, 0.1) is 0 Å². The highest BCUT2D eigenvalue weighted by atomic mass is 35.5. The molecule has 2 aliphatic rings. The van der Waals surface area contributed by atoms with Gasteiger partial charge < -0.3 is 24.8 Å². The molecule has 0 aromatic carbocycles. The summed E-state index contributed by atoms with van der Waals surface area (Å²) in [5, 5.41) is 0.362. The van der Waals surface area contributed by atoms with Gasteiger partial charge in [0, 0.05) is 57.1 Å². The Bertz CT molecular complexity index is 397. The minimum absolute atomic E-state index is 0.00354. The largest absolute Gasteiger partial charge is 0.380 e. The number of halogens is 2. The molecule has 2 rings (SSSR count). The zero-order valence-electron chi connectivity index (χ0n) is 17.7. The van der Waals surface area contributed by atoms with Gasteiger partial charge in [-0.25, -0.2) is 0 Å². The topological polar surface area (TPSA) is 57.0 Å². The summed E-state index contributed by atoms with van der Waals surface area (Å²) in [4.78, 5) is 2.52. The summed E-state index contributed by atoms with van der Waals surface area (Å²) in [6, 6.07) is -0.0253. The summed E-state index contributed by atoms with van der Waals surface area (Å²) in [6.07, 6.45) is 9.33. The third kappa shape index (κ3) is 9.03. The molecule has 0 amide bonds. The SMILES string of the molecule is COC(CCl)CC(OCCCN1CCC(OC2CCC(Cl)CC2)CC1)C(C)N. The van der Waals surface area contributed by atoms with Gasteiger partial charge in [-0.2, -0.15) is 0 Å². The van der Waals surface area contributed by atoms with Gasteiger partial charge in [-0.05, 0) is 51.9 Å². The first-order valence-corrected chi connectivity index (χ1v) is 12.0. The summed E-state index contributed by atoms with van der Waals surface area (Å²) >= 11 is 12.1. The lowest BCUT2D eigenvalue weighted by molar-refractivity contribution is -0.0566. The van der Waals surface area contributed by atoms with E-state index in [1.165, 1.54) is 0 Å². The Labute approximate surface area is 181 Å². The molecule has 0 aromatic rings. The zero-order chi connectivity index (χ0) is 20.4. The number of hydrogen-bond donors (Lipinski definition) is 1. The van der Waals surface area contributed by atoms with Crippen LogP contribution >= 0.6 is 23.2 Å². The van der Waals surface area contributed by atoms with Gasteiger partial charge >= 0.3 is 0 Å². The molecule has 3 atom stereocenters. The fraction of sp³-hybridized carbons (Fsp3) is 1.00. The summed E-state index contributed by atoms with van der Waals surface area (Å²) in [5.74, 6) is 0.466. The molecule has 1 saturated carbocycles. The van der Waals surface area contributed by atoms with Gasteiger partial charge in [0.2, 0.25) is 0 Å². The molecule has 28 heavy (non-hydrogen) atoms. The number of hydrogen-bond acceptors (Lipinski definition) is 5. The van der Waals surface area contributed by atoms with Gasteiger partial charge in [0.15, 0.2) is 0 Å². The highest BCUT2D eigenvalue weighted by molar-refractivity contribution is 6.20. The van der Waals surface area contributed by atoms with Gasteiger partial charge in [-0.3, -0.25) is 0 Å². The molecular weight excluding hydrogens is 399 g/mol. The minimum Gasteiger partial charge on any atom is -0.380 e. The number of likely N-dealkylation sites (tertiary alicyclic amines) is 1. The van der Waals surface area contributed by atoms with E-state index in [4.69, 9.17) is 43.1 Å². The lowest BCUT2D eigenvalue weighted by atomic mass is 9.96. The Morgan fingerprint density at radius 3 is 2.29 bits per heavy atom. The van der Waals surface area contributed by atoms with Crippen molar-refractivity contribution in [1.29, 1.82) is 0 Å². The molecule has 1 aliphatic carbocycles. The first kappa shape index (κ1) is 24.6. The number of rotatable bonds is 12. The molecule has 0 radical (unpaired) electrons. The maximum Gasteiger partial charge on any atom is 0.0748 e. The maximum atomic E-state index is 6.32. The summed E-state index contributed by atoms with van der Waals surface area (Å²) in [7, 11) is 1.68. The predicted octanol–water partition coefficient (Wildman–Crippen LogP) is 3.78. The lowest BCUT2D eigenvalue weighted by Gasteiger charge is -2.35. The van der Waals surface area contributed by atoms with Gasteiger partial charge in [0.05, 0.1) is 24.4 Å². The number of alkyl halides is 2. The van der Waals surface area contributed by atoms with Crippen molar-refractivity contribution in [2.24, 2.45) is 5.73 Å². The van der Waals surface area contributed by atoms with Crippen molar-refractivity contribution < 1.29 is 14.2 Å². The van der Waals surface area contributed by atoms with Crippen LogP contribution in [0.3, 0.4) is 0 Å². The summed E-state index contributed by atoms with van der Waals surface area (Å²) < 4.78 is 17.7. The van der Waals surface area contributed by atoms with E-state index in [9.17, 15) is 0 Å². The summed E-state index contributed by atoms with van der Waals surface area (Å²) in [6.45, 7) is 6.01. The smallest absolute Gasteiger partial charge is 0.0748 e. The van der Waals surface area contributed by atoms with Gasteiger partial charge in [-0.1, -0.05) is 0 Å². The van der Waals surface area contributed by atoms with Crippen molar-refractivity contribution in [2.75, 3.05) is 39.2 Å². The Morgan fingerprint density at radius 2 is 1.71 bits per heavy atom. The Balaban J connectivity index is 1.56. The molecule has 0 aromatic heterocycles. The van der Waals surface area contributed by atoms with Crippen LogP contribution in [0.4, 0.5) is 0 Å². The quantitative estimate of drug-likeness (QED) is 0.371. The molecule has 7 heteroatoms. The molecule has 1 aliphatic heterocycles. The first-order chi connectivity index (χ1) is 13.5. The second kappa shape index (κ2) is 13.6. The standard InChI is InChI=1S/C21H40Cl2N2O3/c1-16(24)21(14-20(15-22)26-2)27-13-3-10-25-11-8-19(9-12-25)28-18-6-4-17(23)5-7-18/h16-21H,3-15,24H2,1-2H3. The molecule has 3 unspecified atom stereocenters. The van der Waals surface area contributed by atoms with Crippen LogP contribution in [0.25, 0.3) is 0 Å². The van der Waals surface area contributed by atoms with Crippen LogP contribution in [-0.2, 0) is 14.2 Å². The van der Waals surface area contributed by atoms with E-state index >= 15 is 0 Å². The third-order valence-electron chi connectivity index (χ3n) is 6.06. The summed E-state index contributed by atoms with van der Waals surface area (Å²) in [5.41, 5.74) is 6.06. The minimum atomic E-state index is -0.0253. The highest BCUT2D eigenvalue weighted by Crippen LogP contribution is 2.27. The molecular formula is C21H40Cl2N2O3.